The van der Waals surface area contributed by atoms with Crippen LogP contribution < -0.4 is 4.90 Å². The molecule has 4 rings (SSSR count). The van der Waals surface area contributed by atoms with Gasteiger partial charge in [0.2, 0.25) is 6.23 Å². The molecule has 0 N–H and O–H groups in total. The number of anilines is 1. The summed E-state index contributed by atoms with van der Waals surface area (Å²) in [5.74, 6) is 0.252. The lowest BCUT2D eigenvalue weighted by atomic mass is 10.2. The number of halogens is 1. The molecule has 0 saturated carbocycles. The number of hydrogen-bond donors (Lipinski definition) is 0. The van der Waals surface area contributed by atoms with Crippen molar-refractivity contribution in [2.24, 2.45) is 12.0 Å². The van der Waals surface area contributed by atoms with Crippen LogP contribution in [0.2, 0.25) is 0 Å². The molecule has 30 heavy (non-hydrogen) atoms. The zero-order valence-electron chi connectivity index (χ0n) is 16.9. The minimum Gasteiger partial charge on any atom is -0.320 e. The van der Waals surface area contributed by atoms with E-state index in [9.17, 15) is 9.18 Å². The maximum atomic E-state index is 14.1. The van der Waals surface area contributed by atoms with E-state index in [-0.39, 0.29) is 5.91 Å². The number of benzene rings is 1. The van der Waals surface area contributed by atoms with Crippen molar-refractivity contribution in [2.45, 2.75) is 13.2 Å². The molecule has 1 amide bonds. The largest absolute Gasteiger partial charge is 0.320 e. The van der Waals surface area contributed by atoms with Gasteiger partial charge in [-0.15, -0.1) is 0 Å². The second kappa shape index (κ2) is 8.03. The fraction of sp³-hybridized carbons (Fsp3) is 0.238. The van der Waals surface area contributed by atoms with Crippen molar-refractivity contribution in [1.82, 2.24) is 19.6 Å². The highest BCUT2D eigenvalue weighted by molar-refractivity contribution is 6.06. The lowest BCUT2D eigenvalue weighted by Gasteiger charge is -2.21. The topological polar surface area (TPSA) is 75.9 Å². The molecule has 1 unspecified atom stereocenters. The van der Waals surface area contributed by atoms with Crippen molar-refractivity contribution in [2.75, 3.05) is 18.5 Å². The standard InChI is InChI=1S/C21H21FN6O2/c1-4-28(14-8-7-11-23-12-14)21(29)17-13-24-18(26(17)2)19-25-20(30-27(19)3)15-9-5-6-10-16(15)22/h5-13,20H,4H2,1-3H3. The Balaban J connectivity index is 1.65. The zero-order valence-corrected chi connectivity index (χ0v) is 16.9. The van der Waals surface area contributed by atoms with Crippen molar-refractivity contribution >= 4 is 17.4 Å². The van der Waals surface area contributed by atoms with Gasteiger partial charge in [-0.3, -0.25) is 9.78 Å². The number of pyridine rings is 1. The summed E-state index contributed by atoms with van der Waals surface area (Å²) in [7, 11) is 3.41. The normalized spacial score (nSPS) is 15.9. The summed E-state index contributed by atoms with van der Waals surface area (Å²) in [4.78, 5) is 33.4. The van der Waals surface area contributed by atoms with Gasteiger partial charge >= 0.3 is 0 Å². The molecule has 1 atom stereocenters. The molecule has 0 spiro atoms. The number of nitrogens with zero attached hydrogens (tertiary/aromatic N) is 6. The molecule has 9 heteroatoms. The van der Waals surface area contributed by atoms with E-state index in [1.165, 1.54) is 17.3 Å². The number of amidine groups is 1. The highest BCUT2D eigenvalue weighted by Crippen LogP contribution is 2.29. The van der Waals surface area contributed by atoms with Crippen LogP contribution in [0.15, 0.2) is 60.0 Å². The van der Waals surface area contributed by atoms with E-state index in [0.717, 1.165) is 0 Å². The quantitative estimate of drug-likeness (QED) is 0.649. The molecule has 1 aliphatic rings. The highest BCUT2D eigenvalue weighted by atomic mass is 19.1. The van der Waals surface area contributed by atoms with Gasteiger partial charge in [-0.05, 0) is 25.1 Å². The fourth-order valence-corrected chi connectivity index (χ4v) is 3.33. The number of carbonyl (C=O) groups is 1. The molecule has 3 aromatic rings. The first-order chi connectivity index (χ1) is 14.5. The third kappa shape index (κ3) is 3.43. The zero-order chi connectivity index (χ0) is 21.3. The van der Waals surface area contributed by atoms with Crippen molar-refractivity contribution in [1.29, 1.82) is 0 Å². The highest BCUT2D eigenvalue weighted by Gasteiger charge is 2.31. The van der Waals surface area contributed by atoms with E-state index in [4.69, 9.17) is 4.84 Å². The predicted molar refractivity (Wildman–Crippen MR) is 109 cm³/mol. The molecular formula is C21H21FN6O2. The average Bonchev–Trinajstić information content (AvgIpc) is 3.32. The van der Waals surface area contributed by atoms with Crippen LogP contribution in [0, 0.1) is 5.82 Å². The summed E-state index contributed by atoms with van der Waals surface area (Å²) in [5, 5.41) is 1.44. The van der Waals surface area contributed by atoms with Crippen LogP contribution in [0.3, 0.4) is 0 Å². The Morgan fingerprint density at radius 1 is 1.20 bits per heavy atom. The van der Waals surface area contributed by atoms with E-state index in [2.05, 4.69) is 15.0 Å². The Bertz CT molecular complexity index is 1100. The van der Waals surface area contributed by atoms with Crippen LogP contribution in [0.25, 0.3) is 0 Å². The van der Waals surface area contributed by atoms with Crippen LogP contribution in [0.4, 0.5) is 10.1 Å². The molecule has 0 radical (unpaired) electrons. The van der Waals surface area contributed by atoms with Crippen molar-refractivity contribution in [3.05, 3.63) is 77.9 Å². The summed E-state index contributed by atoms with van der Waals surface area (Å²) < 4.78 is 15.8. The first-order valence-corrected chi connectivity index (χ1v) is 9.48. The van der Waals surface area contributed by atoms with Gasteiger partial charge in [0, 0.05) is 32.4 Å². The summed E-state index contributed by atoms with van der Waals surface area (Å²) >= 11 is 0. The molecule has 3 heterocycles. The Kier molecular flexibility index (Phi) is 5.28. The summed E-state index contributed by atoms with van der Waals surface area (Å²) in [6.07, 6.45) is 3.98. The van der Waals surface area contributed by atoms with E-state index in [1.807, 2.05) is 13.0 Å². The Labute approximate surface area is 173 Å². The van der Waals surface area contributed by atoms with Crippen LogP contribution >= 0.6 is 0 Å². The predicted octanol–water partition coefficient (Wildman–Crippen LogP) is 2.94. The first-order valence-electron chi connectivity index (χ1n) is 9.48. The van der Waals surface area contributed by atoms with Gasteiger partial charge in [0.1, 0.15) is 11.5 Å². The summed E-state index contributed by atoms with van der Waals surface area (Å²) in [6.45, 7) is 2.37. The number of aliphatic imine (C=N–C) groups is 1. The van der Waals surface area contributed by atoms with E-state index >= 15 is 0 Å². The number of aromatic nitrogens is 3. The minimum absolute atomic E-state index is 0.209. The molecule has 0 saturated heterocycles. The molecule has 2 aromatic heterocycles. The minimum atomic E-state index is -0.815. The lowest BCUT2D eigenvalue weighted by Crippen LogP contribution is -2.33. The Hall–Kier alpha value is -3.59. The van der Waals surface area contributed by atoms with Gasteiger partial charge in [0.05, 0.1) is 18.1 Å². The van der Waals surface area contributed by atoms with Crippen LogP contribution in [0.5, 0.6) is 0 Å². The molecule has 154 valence electrons. The first kappa shape index (κ1) is 19.7. The molecule has 1 aliphatic heterocycles. The Morgan fingerprint density at radius 3 is 2.70 bits per heavy atom. The maximum Gasteiger partial charge on any atom is 0.276 e. The monoisotopic (exact) mass is 408 g/mol. The van der Waals surface area contributed by atoms with Crippen LogP contribution in [0.1, 0.15) is 35.0 Å². The SMILES string of the molecule is CCN(C(=O)c1cnc(C2=NC(c3ccccc3F)ON2C)n1C)c1cccnc1. The molecular weight excluding hydrogens is 387 g/mol. The lowest BCUT2D eigenvalue weighted by molar-refractivity contribution is -0.107. The van der Waals surface area contributed by atoms with Gasteiger partial charge in [0.25, 0.3) is 5.91 Å². The van der Waals surface area contributed by atoms with Gasteiger partial charge in [-0.25, -0.2) is 24.3 Å². The molecule has 8 nitrogen and oxygen atoms in total. The van der Waals surface area contributed by atoms with Crippen molar-refractivity contribution < 1.29 is 14.0 Å². The van der Waals surface area contributed by atoms with Gasteiger partial charge in [0.15, 0.2) is 11.7 Å². The summed E-state index contributed by atoms with van der Waals surface area (Å²) in [6, 6.07) is 9.93. The van der Waals surface area contributed by atoms with Crippen LogP contribution in [-0.4, -0.2) is 44.9 Å². The number of rotatable bonds is 5. The average molecular weight is 408 g/mol. The number of imidazole rings is 1. The van der Waals surface area contributed by atoms with Crippen molar-refractivity contribution in [3.8, 4) is 0 Å². The van der Waals surface area contributed by atoms with Crippen molar-refractivity contribution in [3.63, 3.8) is 0 Å². The summed E-state index contributed by atoms with van der Waals surface area (Å²) in [5.41, 5.74) is 1.42. The second-order valence-corrected chi connectivity index (χ2v) is 6.72. The van der Waals surface area contributed by atoms with E-state index in [0.29, 0.717) is 35.1 Å². The third-order valence-electron chi connectivity index (χ3n) is 4.89. The molecule has 0 fully saturated rings. The van der Waals surface area contributed by atoms with E-state index in [1.54, 1.807) is 60.2 Å². The fourth-order valence-electron chi connectivity index (χ4n) is 3.33. The smallest absolute Gasteiger partial charge is 0.276 e. The molecule has 0 aliphatic carbocycles. The van der Waals surface area contributed by atoms with Crippen LogP contribution in [-0.2, 0) is 11.9 Å². The number of carbonyl (C=O) groups excluding carboxylic acids is 1. The van der Waals surface area contributed by atoms with E-state index < -0.39 is 12.0 Å². The van der Waals surface area contributed by atoms with Gasteiger partial charge in [-0.1, -0.05) is 18.2 Å². The second-order valence-electron chi connectivity index (χ2n) is 6.72. The Morgan fingerprint density at radius 2 is 2.00 bits per heavy atom. The van der Waals surface area contributed by atoms with Gasteiger partial charge < -0.3 is 9.47 Å². The molecule has 1 aromatic carbocycles. The third-order valence-corrected chi connectivity index (χ3v) is 4.89. The number of amides is 1. The van der Waals surface area contributed by atoms with Gasteiger partial charge in [-0.2, -0.15) is 0 Å². The molecule has 0 bridgehead atoms. The number of hydrogen-bond acceptors (Lipinski definition) is 6. The maximum absolute atomic E-state index is 14.1. The number of hydroxylamine groups is 2.